The van der Waals surface area contributed by atoms with Crippen LogP contribution in [-0.4, -0.2) is 50.5 Å². The van der Waals surface area contributed by atoms with Crippen molar-refractivity contribution in [3.8, 4) is 0 Å². The van der Waals surface area contributed by atoms with Gasteiger partial charge >= 0.3 is 0 Å². The lowest BCUT2D eigenvalue weighted by Crippen LogP contribution is -2.40. The molecule has 1 rings (SSSR count). The largest absolute Gasteiger partial charge is 0.380 e. The first kappa shape index (κ1) is 42.9. The second kappa shape index (κ2) is 36.7. The Labute approximate surface area is 288 Å². The van der Waals surface area contributed by atoms with E-state index in [-0.39, 0.29) is 0 Å². The smallest absolute Gasteiger partial charge is 0.0644 e. The zero-order chi connectivity index (χ0) is 32.9. The van der Waals surface area contributed by atoms with E-state index < -0.39 is 0 Å². The van der Waals surface area contributed by atoms with Crippen molar-refractivity contribution in [3.05, 3.63) is 48.6 Å². The molecule has 0 aromatic heterocycles. The molecule has 3 nitrogen and oxygen atoms in total. The maximum atomic E-state index is 6.17. The van der Waals surface area contributed by atoms with Crippen LogP contribution in [0.15, 0.2) is 48.6 Å². The maximum Gasteiger partial charge on any atom is 0.0644 e. The van der Waals surface area contributed by atoms with Gasteiger partial charge in [-0.15, -0.1) is 0 Å². The summed E-state index contributed by atoms with van der Waals surface area (Å²) in [5, 5.41) is 0. The van der Waals surface area contributed by atoms with Crippen LogP contribution < -0.4 is 0 Å². The number of hydrogen-bond donors (Lipinski definition) is 0. The molecule has 0 radical (unpaired) electrons. The number of nitrogens with zero attached hydrogens (tertiary/aromatic N) is 1. The molecule has 0 atom stereocenters. The van der Waals surface area contributed by atoms with Crippen molar-refractivity contribution in [1.29, 1.82) is 0 Å². The number of likely N-dealkylation sites (tertiary alicyclic amines) is 1. The van der Waals surface area contributed by atoms with Gasteiger partial charge in [0.25, 0.3) is 0 Å². The summed E-state index contributed by atoms with van der Waals surface area (Å²) in [6.45, 7) is 10.5. The molecule has 0 aromatic carbocycles. The fraction of sp³-hybridized carbons (Fsp3) is 0.814. The molecular formula is C43H79NO2. The maximum absolute atomic E-state index is 6.17. The zero-order valence-corrected chi connectivity index (χ0v) is 31.1. The van der Waals surface area contributed by atoms with E-state index in [0.29, 0.717) is 6.04 Å². The zero-order valence-electron chi connectivity index (χ0n) is 31.1. The van der Waals surface area contributed by atoms with E-state index >= 15 is 0 Å². The second-order valence-corrected chi connectivity index (χ2v) is 13.7. The Morgan fingerprint density at radius 1 is 0.435 bits per heavy atom. The third-order valence-corrected chi connectivity index (χ3v) is 9.26. The highest BCUT2D eigenvalue weighted by molar-refractivity contribution is 4.93. The number of hydrogen-bond acceptors (Lipinski definition) is 3. The Morgan fingerprint density at radius 2 is 0.783 bits per heavy atom. The van der Waals surface area contributed by atoms with Crippen LogP contribution in [0.3, 0.4) is 0 Å². The van der Waals surface area contributed by atoms with Gasteiger partial charge in [-0.1, -0.05) is 140 Å². The van der Waals surface area contributed by atoms with Crippen LogP contribution in [0, 0.1) is 0 Å². The molecule has 0 aliphatic carbocycles. The topological polar surface area (TPSA) is 21.7 Å². The van der Waals surface area contributed by atoms with Crippen LogP contribution in [-0.2, 0) is 9.47 Å². The third kappa shape index (κ3) is 30.2. The fourth-order valence-electron chi connectivity index (χ4n) is 6.19. The van der Waals surface area contributed by atoms with Gasteiger partial charge in [0, 0.05) is 13.2 Å². The minimum atomic E-state index is 0.441. The van der Waals surface area contributed by atoms with Crippen molar-refractivity contribution < 1.29 is 9.47 Å². The monoisotopic (exact) mass is 642 g/mol. The first-order valence-electron chi connectivity index (χ1n) is 20.4. The Hall–Kier alpha value is -1.16. The molecule has 46 heavy (non-hydrogen) atoms. The normalized spacial score (nSPS) is 14.6. The summed E-state index contributed by atoms with van der Waals surface area (Å²) < 4.78 is 12.3. The van der Waals surface area contributed by atoms with Crippen molar-refractivity contribution in [3.63, 3.8) is 0 Å². The quantitative estimate of drug-likeness (QED) is 0.0508. The van der Waals surface area contributed by atoms with E-state index in [2.05, 4.69) is 67.4 Å². The van der Waals surface area contributed by atoms with Gasteiger partial charge < -0.3 is 9.47 Å². The predicted molar refractivity (Wildman–Crippen MR) is 205 cm³/mol. The van der Waals surface area contributed by atoms with Crippen molar-refractivity contribution in [1.82, 2.24) is 4.90 Å². The lowest BCUT2D eigenvalue weighted by molar-refractivity contribution is 0.0110. The van der Waals surface area contributed by atoms with Crippen LogP contribution >= 0.6 is 0 Å². The number of rotatable bonds is 35. The number of allylic oxidation sites excluding steroid dienone is 8. The molecule has 0 N–H and O–H groups in total. The van der Waals surface area contributed by atoms with Crippen molar-refractivity contribution in [2.75, 3.05) is 39.5 Å². The van der Waals surface area contributed by atoms with E-state index in [1.165, 1.54) is 167 Å². The first-order valence-corrected chi connectivity index (χ1v) is 20.4. The summed E-state index contributed by atoms with van der Waals surface area (Å²) in [4.78, 5) is 2.61. The average molecular weight is 642 g/mol. The molecule has 1 aliphatic rings. The van der Waals surface area contributed by atoms with Gasteiger partial charge in [-0.05, 0) is 103 Å². The minimum absolute atomic E-state index is 0.441. The molecule has 0 bridgehead atoms. The lowest BCUT2D eigenvalue weighted by atomic mass is 10.1. The summed E-state index contributed by atoms with van der Waals surface area (Å²) in [6.07, 6.45) is 52.5. The minimum Gasteiger partial charge on any atom is -0.380 e. The van der Waals surface area contributed by atoms with Crippen molar-refractivity contribution in [2.24, 2.45) is 0 Å². The Balaban J connectivity index is 1.93. The van der Waals surface area contributed by atoms with E-state index in [4.69, 9.17) is 9.47 Å². The number of unbranched alkanes of at least 4 members (excludes halogenated alkanes) is 18. The molecule has 3 heteroatoms. The van der Waals surface area contributed by atoms with E-state index in [9.17, 15) is 0 Å². The van der Waals surface area contributed by atoms with Crippen LogP contribution in [0.5, 0.6) is 0 Å². The van der Waals surface area contributed by atoms with Gasteiger partial charge in [-0.3, -0.25) is 4.90 Å². The van der Waals surface area contributed by atoms with E-state index in [1.807, 2.05) is 0 Å². The molecular weight excluding hydrogens is 562 g/mol. The van der Waals surface area contributed by atoms with Crippen LogP contribution in [0.4, 0.5) is 0 Å². The summed E-state index contributed by atoms with van der Waals surface area (Å²) in [5.74, 6) is 0. The van der Waals surface area contributed by atoms with Crippen molar-refractivity contribution in [2.45, 2.75) is 187 Å². The molecule has 268 valence electrons. The SMILES string of the molecule is CCCCC/C=C\C/C=C\CCCCCCCCOCC(COCCCCCCCC/C=C\C/C=C\CCCCC)N1CCCC1. The summed E-state index contributed by atoms with van der Waals surface area (Å²) in [5.41, 5.74) is 0. The average Bonchev–Trinajstić information content (AvgIpc) is 3.61. The van der Waals surface area contributed by atoms with Gasteiger partial charge in [0.1, 0.15) is 0 Å². The molecule has 1 aliphatic heterocycles. The standard InChI is InChI=1S/C43H79NO2/c1-3-5-7-9-11-13-15-17-19-21-23-25-27-29-31-35-39-45-41-43(44-37-33-34-38-44)42-46-40-36-32-30-28-26-24-22-20-18-16-14-12-10-8-6-4-2/h11-14,17-20,43H,3-10,15-16,21-42H2,1-2H3/b13-11-,14-12-,19-17-,20-18-. The van der Waals surface area contributed by atoms with Crippen LogP contribution in [0.2, 0.25) is 0 Å². The molecule has 1 heterocycles. The Bertz CT molecular complexity index is 654. The Morgan fingerprint density at radius 3 is 1.17 bits per heavy atom. The molecule has 1 saturated heterocycles. The molecule has 1 fully saturated rings. The number of ether oxygens (including phenoxy) is 2. The van der Waals surface area contributed by atoms with Gasteiger partial charge in [-0.2, -0.15) is 0 Å². The molecule has 0 aromatic rings. The summed E-state index contributed by atoms with van der Waals surface area (Å²) >= 11 is 0. The highest BCUT2D eigenvalue weighted by atomic mass is 16.5. The van der Waals surface area contributed by atoms with Crippen LogP contribution in [0.1, 0.15) is 181 Å². The van der Waals surface area contributed by atoms with E-state index in [1.54, 1.807) is 0 Å². The predicted octanol–water partition coefficient (Wildman–Crippen LogP) is 13.1. The highest BCUT2D eigenvalue weighted by Gasteiger charge is 2.22. The molecule has 0 saturated carbocycles. The van der Waals surface area contributed by atoms with Gasteiger partial charge in [0.2, 0.25) is 0 Å². The molecule has 0 unspecified atom stereocenters. The molecule has 0 spiro atoms. The second-order valence-electron chi connectivity index (χ2n) is 13.7. The lowest BCUT2D eigenvalue weighted by Gasteiger charge is -2.27. The van der Waals surface area contributed by atoms with Gasteiger partial charge in [0.15, 0.2) is 0 Å². The molecule has 0 amide bonds. The fourth-order valence-corrected chi connectivity index (χ4v) is 6.19. The summed E-state index contributed by atoms with van der Waals surface area (Å²) in [7, 11) is 0. The van der Waals surface area contributed by atoms with Gasteiger partial charge in [-0.25, -0.2) is 0 Å². The van der Waals surface area contributed by atoms with Gasteiger partial charge in [0.05, 0.1) is 19.3 Å². The third-order valence-electron chi connectivity index (χ3n) is 9.26. The first-order chi connectivity index (χ1) is 22.9. The Kier molecular flexibility index (Phi) is 34.2. The van der Waals surface area contributed by atoms with Crippen LogP contribution in [0.25, 0.3) is 0 Å². The highest BCUT2D eigenvalue weighted by Crippen LogP contribution is 2.14. The van der Waals surface area contributed by atoms with E-state index in [0.717, 1.165) is 39.3 Å². The van der Waals surface area contributed by atoms with Crippen molar-refractivity contribution >= 4 is 0 Å². The summed E-state index contributed by atoms with van der Waals surface area (Å²) in [6, 6.07) is 0.441.